The lowest BCUT2D eigenvalue weighted by molar-refractivity contribution is 0.480. The van der Waals surface area contributed by atoms with Gasteiger partial charge in [-0.2, -0.15) is 0 Å². The number of phenolic OH excluding ortho intramolecular Hbond substituents is 1. The summed E-state index contributed by atoms with van der Waals surface area (Å²) in [5.74, 6) is 1.59. The van der Waals surface area contributed by atoms with Crippen LogP contribution in [0.4, 0.5) is 0 Å². The van der Waals surface area contributed by atoms with Crippen LogP contribution in [0.5, 0.6) is 5.75 Å². The minimum absolute atomic E-state index is 0.173. The molecule has 4 rings (SSSR count). The van der Waals surface area contributed by atoms with Crippen LogP contribution in [0, 0.1) is 0 Å². The Balaban J connectivity index is 1.63. The number of fused-ring (bicyclic) bond motifs is 1. The number of aromatic nitrogens is 1. The maximum atomic E-state index is 9.92. The van der Waals surface area contributed by atoms with Crippen molar-refractivity contribution in [1.82, 2.24) is 4.98 Å². The van der Waals surface area contributed by atoms with Crippen LogP contribution in [0.25, 0.3) is 34.4 Å². The molecular weight excluding hydrogens is 334 g/mol. The number of hydrogen-bond donors (Lipinski definition) is 1. The van der Waals surface area contributed by atoms with Crippen molar-refractivity contribution in [3.63, 3.8) is 0 Å². The van der Waals surface area contributed by atoms with Crippen molar-refractivity contribution in [3.05, 3.63) is 83.2 Å². The molecule has 4 heteroatoms. The van der Waals surface area contributed by atoms with E-state index in [1.807, 2.05) is 66.7 Å². The average molecular weight is 348 g/mol. The van der Waals surface area contributed by atoms with Crippen LogP contribution in [0.3, 0.4) is 0 Å². The van der Waals surface area contributed by atoms with Gasteiger partial charge >= 0.3 is 0 Å². The fourth-order valence-electron chi connectivity index (χ4n) is 2.66. The third kappa shape index (κ3) is 3.14. The zero-order valence-corrected chi connectivity index (χ0v) is 13.9. The van der Waals surface area contributed by atoms with Crippen molar-refractivity contribution < 1.29 is 9.52 Å². The molecule has 0 unspecified atom stereocenters. The summed E-state index contributed by atoms with van der Waals surface area (Å²) in [6.45, 7) is 0. The first-order chi connectivity index (χ1) is 12.2. The van der Waals surface area contributed by atoms with Gasteiger partial charge in [-0.05, 0) is 48.6 Å². The van der Waals surface area contributed by atoms with Gasteiger partial charge in [0.1, 0.15) is 22.8 Å². The Morgan fingerprint density at radius 3 is 2.64 bits per heavy atom. The minimum atomic E-state index is 0.173. The Kier molecular flexibility index (Phi) is 4.00. The van der Waals surface area contributed by atoms with Gasteiger partial charge < -0.3 is 9.52 Å². The van der Waals surface area contributed by atoms with Crippen molar-refractivity contribution >= 4 is 34.7 Å². The van der Waals surface area contributed by atoms with Gasteiger partial charge in [-0.15, -0.1) is 0 Å². The highest BCUT2D eigenvalue weighted by atomic mass is 35.5. The standard InChI is InChI=1S/C21H14ClNO2/c22-18-6-2-1-5-17(18)20-13-12-16(25-20)11-10-15-9-8-14-4-3-7-19(24)21(14)23-15/h1-13,24H. The van der Waals surface area contributed by atoms with Gasteiger partial charge in [0.05, 0.1) is 10.7 Å². The van der Waals surface area contributed by atoms with E-state index in [9.17, 15) is 5.11 Å². The highest BCUT2D eigenvalue weighted by Gasteiger charge is 2.07. The number of hydrogen-bond acceptors (Lipinski definition) is 3. The van der Waals surface area contributed by atoms with E-state index in [2.05, 4.69) is 4.98 Å². The van der Waals surface area contributed by atoms with Crippen LogP contribution in [0.2, 0.25) is 5.02 Å². The van der Waals surface area contributed by atoms with E-state index < -0.39 is 0 Å². The highest BCUT2D eigenvalue weighted by molar-refractivity contribution is 6.33. The van der Waals surface area contributed by atoms with Gasteiger partial charge in [-0.3, -0.25) is 0 Å². The quantitative estimate of drug-likeness (QED) is 0.492. The van der Waals surface area contributed by atoms with E-state index in [1.165, 1.54) is 0 Å². The molecule has 2 heterocycles. The first kappa shape index (κ1) is 15.5. The Morgan fingerprint density at radius 2 is 1.76 bits per heavy atom. The van der Waals surface area contributed by atoms with Crippen molar-refractivity contribution in [2.75, 3.05) is 0 Å². The first-order valence-corrected chi connectivity index (χ1v) is 8.20. The summed E-state index contributed by atoms with van der Waals surface area (Å²) >= 11 is 6.20. The summed E-state index contributed by atoms with van der Waals surface area (Å²) in [6.07, 6.45) is 3.69. The Morgan fingerprint density at radius 1 is 0.880 bits per heavy atom. The summed E-state index contributed by atoms with van der Waals surface area (Å²) in [5.41, 5.74) is 2.18. The molecule has 122 valence electrons. The van der Waals surface area contributed by atoms with Gasteiger partial charge in [0.25, 0.3) is 0 Å². The maximum absolute atomic E-state index is 9.92. The number of halogens is 1. The molecule has 0 spiro atoms. The molecule has 0 bridgehead atoms. The number of pyridine rings is 1. The number of aromatic hydroxyl groups is 1. The number of nitrogens with zero attached hydrogens (tertiary/aromatic N) is 1. The van der Waals surface area contributed by atoms with Crippen LogP contribution in [0.1, 0.15) is 11.5 Å². The molecule has 25 heavy (non-hydrogen) atoms. The summed E-state index contributed by atoms with van der Waals surface area (Å²) in [7, 11) is 0. The molecule has 4 aromatic rings. The van der Waals surface area contributed by atoms with E-state index in [0.717, 1.165) is 22.4 Å². The second-order valence-corrected chi connectivity index (χ2v) is 6.01. The Bertz CT molecular complexity index is 1080. The van der Waals surface area contributed by atoms with E-state index >= 15 is 0 Å². The minimum Gasteiger partial charge on any atom is -0.506 e. The molecule has 0 aliphatic heterocycles. The van der Waals surface area contributed by atoms with Crippen LogP contribution in [0.15, 0.2) is 71.1 Å². The van der Waals surface area contributed by atoms with E-state index in [0.29, 0.717) is 16.3 Å². The first-order valence-electron chi connectivity index (χ1n) is 7.82. The van der Waals surface area contributed by atoms with Crippen LogP contribution >= 0.6 is 11.6 Å². The summed E-state index contributed by atoms with van der Waals surface area (Å²) in [5, 5.41) is 11.5. The summed E-state index contributed by atoms with van der Waals surface area (Å²) in [4.78, 5) is 4.47. The van der Waals surface area contributed by atoms with Gasteiger partial charge in [-0.1, -0.05) is 41.9 Å². The van der Waals surface area contributed by atoms with E-state index in [4.69, 9.17) is 16.0 Å². The molecule has 0 saturated heterocycles. The molecule has 2 aromatic carbocycles. The molecule has 0 amide bonds. The predicted octanol–water partition coefficient (Wildman–Crippen LogP) is 6.02. The fourth-order valence-corrected chi connectivity index (χ4v) is 2.88. The van der Waals surface area contributed by atoms with Gasteiger partial charge in [-0.25, -0.2) is 4.98 Å². The van der Waals surface area contributed by atoms with Crippen LogP contribution in [-0.4, -0.2) is 10.1 Å². The number of benzene rings is 2. The topological polar surface area (TPSA) is 46.3 Å². The van der Waals surface area contributed by atoms with Gasteiger partial charge in [0.2, 0.25) is 0 Å². The molecule has 0 atom stereocenters. The largest absolute Gasteiger partial charge is 0.506 e. The molecule has 0 saturated carbocycles. The molecule has 0 fully saturated rings. The number of phenols is 1. The predicted molar refractivity (Wildman–Crippen MR) is 101 cm³/mol. The molecule has 0 aliphatic carbocycles. The Labute approximate surface area is 149 Å². The third-order valence-electron chi connectivity index (χ3n) is 3.90. The molecule has 2 aromatic heterocycles. The van der Waals surface area contributed by atoms with E-state index in [1.54, 1.807) is 12.1 Å². The summed E-state index contributed by atoms with van der Waals surface area (Å²) in [6, 6.07) is 20.5. The molecule has 0 radical (unpaired) electrons. The lowest BCUT2D eigenvalue weighted by Gasteiger charge is -2.01. The number of para-hydroxylation sites is 1. The molecule has 1 N–H and O–H groups in total. The maximum Gasteiger partial charge on any atom is 0.141 e. The lowest BCUT2D eigenvalue weighted by atomic mass is 10.2. The van der Waals surface area contributed by atoms with E-state index in [-0.39, 0.29) is 5.75 Å². The zero-order valence-electron chi connectivity index (χ0n) is 13.2. The average Bonchev–Trinajstić information content (AvgIpc) is 3.10. The van der Waals surface area contributed by atoms with Crippen molar-refractivity contribution in [2.24, 2.45) is 0 Å². The SMILES string of the molecule is Oc1cccc2ccc(C=Cc3ccc(-c4ccccc4Cl)o3)nc12. The highest BCUT2D eigenvalue weighted by Crippen LogP contribution is 2.29. The zero-order chi connectivity index (χ0) is 17.2. The molecule has 3 nitrogen and oxygen atoms in total. The lowest BCUT2D eigenvalue weighted by Crippen LogP contribution is -1.83. The third-order valence-corrected chi connectivity index (χ3v) is 4.23. The number of furan rings is 1. The van der Waals surface area contributed by atoms with Gasteiger partial charge in [0, 0.05) is 10.9 Å². The normalized spacial score (nSPS) is 11.4. The second kappa shape index (κ2) is 6.46. The smallest absolute Gasteiger partial charge is 0.141 e. The Hall–Kier alpha value is -3.04. The van der Waals surface area contributed by atoms with Crippen molar-refractivity contribution in [1.29, 1.82) is 0 Å². The van der Waals surface area contributed by atoms with Crippen LogP contribution < -0.4 is 0 Å². The van der Waals surface area contributed by atoms with Gasteiger partial charge in [0.15, 0.2) is 0 Å². The summed E-state index contributed by atoms with van der Waals surface area (Å²) < 4.78 is 5.84. The molecule has 0 aliphatic rings. The second-order valence-electron chi connectivity index (χ2n) is 5.60. The monoisotopic (exact) mass is 347 g/mol. The van der Waals surface area contributed by atoms with Crippen molar-refractivity contribution in [2.45, 2.75) is 0 Å². The van der Waals surface area contributed by atoms with Crippen LogP contribution in [-0.2, 0) is 0 Å². The van der Waals surface area contributed by atoms with Crippen molar-refractivity contribution in [3.8, 4) is 17.1 Å². The number of rotatable bonds is 3. The fraction of sp³-hybridized carbons (Fsp3) is 0. The molecular formula is C21H14ClNO2.